The normalized spacial score (nSPS) is 14.1. The van der Waals surface area contributed by atoms with Crippen LogP contribution >= 0.6 is 0 Å². The molecule has 134 valence electrons. The van der Waals surface area contributed by atoms with Crippen LogP contribution in [0.2, 0.25) is 0 Å². The summed E-state index contributed by atoms with van der Waals surface area (Å²) in [5.41, 5.74) is 2.42. The largest absolute Gasteiger partial charge is 0.307 e. The first kappa shape index (κ1) is 17.9. The number of hydrogen-bond donors (Lipinski definition) is 1. The average Bonchev–Trinajstić information content (AvgIpc) is 2.80. The highest BCUT2D eigenvalue weighted by Crippen LogP contribution is 2.42. The first-order chi connectivity index (χ1) is 11.8. The lowest BCUT2D eigenvalue weighted by Crippen LogP contribution is -2.31. The summed E-state index contributed by atoms with van der Waals surface area (Å²) in [5, 5.41) is 6.65. The van der Waals surface area contributed by atoms with Gasteiger partial charge >= 0.3 is 0 Å². The Bertz CT molecular complexity index is 949. The second kappa shape index (κ2) is 6.42. The molecule has 1 heterocycles. The van der Waals surface area contributed by atoms with Crippen molar-refractivity contribution >= 4 is 32.4 Å². The molecular formula is C19H24N2O3S. The third-order valence-electron chi connectivity index (χ3n) is 4.61. The zero-order chi connectivity index (χ0) is 18.4. The number of benzene rings is 2. The molecule has 2 aromatic carbocycles. The van der Waals surface area contributed by atoms with Crippen LogP contribution in [0.3, 0.4) is 0 Å². The molecule has 1 amide bonds. The van der Waals surface area contributed by atoms with Gasteiger partial charge in [-0.05, 0) is 36.5 Å². The Kier molecular flexibility index (Phi) is 4.60. The van der Waals surface area contributed by atoms with Crippen molar-refractivity contribution < 1.29 is 13.2 Å². The van der Waals surface area contributed by atoms with Gasteiger partial charge in [0.15, 0.2) is 0 Å². The lowest BCUT2D eigenvalue weighted by molar-refractivity contribution is 0.0989. The molecule has 0 aliphatic carbocycles. The van der Waals surface area contributed by atoms with E-state index in [1.54, 1.807) is 17.0 Å². The van der Waals surface area contributed by atoms with Crippen LogP contribution in [0.1, 0.15) is 49.5 Å². The molecular weight excluding hydrogens is 336 g/mol. The summed E-state index contributed by atoms with van der Waals surface area (Å²) >= 11 is 0. The van der Waals surface area contributed by atoms with Crippen molar-refractivity contribution in [2.24, 2.45) is 11.1 Å². The fourth-order valence-corrected chi connectivity index (χ4v) is 4.26. The molecule has 0 bridgehead atoms. The number of aryl methyl sites for hydroxylation is 1. The first-order valence-corrected chi connectivity index (χ1v) is 10.2. The van der Waals surface area contributed by atoms with E-state index in [0.717, 1.165) is 35.9 Å². The van der Waals surface area contributed by atoms with Gasteiger partial charge in [-0.1, -0.05) is 39.3 Å². The lowest BCUT2D eigenvalue weighted by Gasteiger charge is -2.20. The van der Waals surface area contributed by atoms with Crippen LogP contribution in [0, 0.1) is 5.92 Å². The number of carbonyl (C=O) groups is 1. The Balaban J connectivity index is 2.31. The number of sulfonamides is 1. The van der Waals surface area contributed by atoms with Crippen LogP contribution in [-0.4, -0.2) is 20.9 Å². The average molecular weight is 360 g/mol. The number of anilines is 1. The summed E-state index contributed by atoms with van der Waals surface area (Å²) in [6.07, 6.45) is 2.83. The van der Waals surface area contributed by atoms with Gasteiger partial charge in [-0.25, -0.2) is 13.6 Å². The number of hydrogen-bond acceptors (Lipinski definition) is 3. The first-order valence-electron chi connectivity index (χ1n) is 8.69. The molecule has 0 radical (unpaired) electrons. The molecule has 5 nitrogen and oxygen atoms in total. The fourth-order valence-electron chi connectivity index (χ4n) is 3.53. The zero-order valence-corrected chi connectivity index (χ0v) is 15.7. The predicted octanol–water partition coefficient (Wildman–Crippen LogP) is 3.45. The number of nitrogens with two attached hydrogens (primary N) is 1. The summed E-state index contributed by atoms with van der Waals surface area (Å²) in [6.45, 7) is 6.83. The van der Waals surface area contributed by atoms with Crippen LogP contribution in [0.4, 0.5) is 5.69 Å². The van der Waals surface area contributed by atoms with Gasteiger partial charge in [0.05, 0.1) is 16.1 Å². The van der Waals surface area contributed by atoms with Crippen molar-refractivity contribution in [3.8, 4) is 0 Å². The minimum atomic E-state index is -3.85. The Labute approximate surface area is 148 Å². The van der Waals surface area contributed by atoms with E-state index in [1.165, 1.54) is 6.07 Å². The van der Waals surface area contributed by atoms with Gasteiger partial charge in [0.25, 0.3) is 5.91 Å². The number of carbonyl (C=O) groups excluding carboxylic acids is 1. The molecule has 25 heavy (non-hydrogen) atoms. The van der Waals surface area contributed by atoms with Gasteiger partial charge in [0, 0.05) is 17.3 Å². The molecule has 2 N–H and O–H groups in total. The van der Waals surface area contributed by atoms with E-state index in [0.29, 0.717) is 23.4 Å². The van der Waals surface area contributed by atoms with Gasteiger partial charge in [-0.3, -0.25) is 4.79 Å². The van der Waals surface area contributed by atoms with Crippen molar-refractivity contribution in [1.82, 2.24) is 0 Å². The summed E-state index contributed by atoms with van der Waals surface area (Å²) in [4.78, 5) is 14.9. The maximum atomic E-state index is 13.1. The van der Waals surface area contributed by atoms with Gasteiger partial charge in [-0.15, -0.1) is 0 Å². The second-order valence-electron chi connectivity index (χ2n) is 7.06. The zero-order valence-electron chi connectivity index (χ0n) is 14.9. The van der Waals surface area contributed by atoms with Gasteiger partial charge in [0.2, 0.25) is 10.0 Å². The van der Waals surface area contributed by atoms with Crippen molar-refractivity contribution in [1.29, 1.82) is 0 Å². The third-order valence-corrected chi connectivity index (χ3v) is 5.58. The molecule has 0 atom stereocenters. The SMILES string of the molecule is CCCCc1ccc2c(S(N)(=O)=O)ccc3c2c1C(=O)N3CC(C)C. The number of primary sulfonamides is 1. The van der Waals surface area contributed by atoms with Crippen molar-refractivity contribution in [3.05, 3.63) is 35.4 Å². The minimum Gasteiger partial charge on any atom is -0.307 e. The molecule has 2 aromatic rings. The van der Waals surface area contributed by atoms with E-state index in [1.807, 2.05) is 6.07 Å². The van der Waals surface area contributed by atoms with Crippen LogP contribution in [0.15, 0.2) is 29.2 Å². The molecule has 6 heteroatoms. The van der Waals surface area contributed by atoms with E-state index in [-0.39, 0.29) is 10.8 Å². The van der Waals surface area contributed by atoms with Crippen molar-refractivity contribution in [2.75, 3.05) is 11.4 Å². The smallest absolute Gasteiger partial charge is 0.259 e. The third kappa shape index (κ3) is 3.04. The Morgan fingerprint density at radius 1 is 1.16 bits per heavy atom. The van der Waals surface area contributed by atoms with Crippen LogP contribution in [-0.2, 0) is 16.4 Å². The summed E-state index contributed by atoms with van der Waals surface area (Å²) < 4.78 is 23.9. The molecule has 0 aromatic heterocycles. The maximum absolute atomic E-state index is 13.1. The molecule has 1 aliphatic rings. The van der Waals surface area contributed by atoms with E-state index in [9.17, 15) is 13.2 Å². The highest BCUT2D eigenvalue weighted by atomic mass is 32.2. The summed E-state index contributed by atoms with van der Waals surface area (Å²) in [6, 6.07) is 6.89. The fraction of sp³-hybridized carbons (Fsp3) is 0.421. The summed E-state index contributed by atoms with van der Waals surface area (Å²) in [7, 11) is -3.85. The second-order valence-corrected chi connectivity index (χ2v) is 8.59. The Hall–Kier alpha value is -1.92. The van der Waals surface area contributed by atoms with E-state index < -0.39 is 10.0 Å². The Morgan fingerprint density at radius 2 is 1.88 bits per heavy atom. The molecule has 1 aliphatic heterocycles. The number of amides is 1. The van der Waals surface area contributed by atoms with Gasteiger partial charge in [-0.2, -0.15) is 0 Å². The monoisotopic (exact) mass is 360 g/mol. The van der Waals surface area contributed by atoms with Gasteiger partial charge in [0.1, 0.15) is 0 Å². The van der Waals surface area contributed by atoms with Crippen LogP contribution in [0.25, 0.3) is 10.8 Å². The maximum Gasteiger partial charge on any atom is 0.259 e. The standard InChI is InChI=1S/C19H24N2O3S/c1-4-5-6-13-7-8-14-16(25(20,23)24)10-9-15-18(14)17(13)19(22)21(15)11-12(2)3/h7-10,12H,4-6,11H2,1-3H3,(H2,20,23,24). The number of unbranched alkanes of at least 4 members (excludes halogenated alkanes) is 1. The molecule has 0 saturated carbocycles. The molecule has 0 fully saturated rings. The van der Waals surface area contributed by atoms with Crippen LogP contribution in [0.5, 0.6) is 0 Å². The number of nitrogens with zero attached hydrogens (tertiary/aromatic N) is 1. The molecule has 3 rings (SSSR count). The highest BCUT2D eigenvalue weighted by Gasteiger charge is 2.33. The van der Waals surface area contributed by atoms with Crippen LogP contribution < -0.4 is 10.0 Å². The summed E-state index contributed by atoms with van der Waals surface area (Å²) in [5.74, 6) is 0.275. The van der Waals surface area contributed by atoms with E-state index >= 15 is 0 Å². The highest BCUT2D eigenvalue weighted by molar-refractivity contribution is 7.89. The molecule has 0 unspecified atom stereocenters. The van der Waals surface area contributed by atoms with E-state index in [4.69, 9.17) is 5.14 Å². The number of rotatable bonds is 6. The molecule has 0 spiro atoms. The van der Waals surface area contributed by atoms with Crippen molar-refractivity contribution in [3.63, 3.8) is 0 Å². The van der Waals surface area contributed by atoms with Crippen molar-refractivity contribution in [2.45, 2.75) is 44.9 Å². The molecule has 0 saturated heterocycles. The Morgan fingerprint density at radius 3 is 2.48 bits per heavy atom. The van der Waals surface area contributed by atoms with E-state index in [2.05, 4.69) is 20.8 Å². The topological polar surface area (TPSA) is 80.5 Å². The van der Waals surface area contributed by atoms with Gasteiger partial charge < -0.3 is 4.90 Å². The minimum absolute atomic E-state index is 0.0352. The predicted molar refractivity (Wildman–Crippen MR) is 100 cm³/mol. The lowest BCUT2D eigenvalue weighted by atomic mass is 9.96. The quantitative estimate of drug-likeness (QED) is 0.857.